The predicted octanol–water partition coefficient (Wildman–Crippen LogP) is 2.81. The first kappa shape index (κ1) is 13.4. The molecule has 0 aliphatic heterocycles. The van der Waals surface area contributed by atoms with Crippen LogP contribution in [0, 0.1) is 5.41 Å². The molecule has 94 valence electrons. The van der Waals surface area contributed by atoms with Crippen LogP contribution in [0.2, 0.25) is 0 Å². The summed E-state index contributed by atoms with van der Waals surface area (Å²) in [6, 6.07) is 4.92. The van der Waals surface area contributed by atoms with E-state index >= 15 is 0 Å². The van der Waals surface area contributed by atoms with E-state index in [0.717, 1.165) is 0 Å². The molecule has 0 amide bonds. The Morgan fingerprint density at radius 2 is 2.00 bits per heavy atom. The number of nitrogens with two attached hydrogens (primary N) is 1. The average molecular weight is 236 g/mol. The lowest BCUT2D eigenvalue weighted by Crippen LogP contribution is -2.31. The molecular weight excluding hydrogens is 216 g/mol. The summed E-state index contributed by atoms with van der Waals surface area (Å²) in [5.41, 5.74) is 7.09. The molecule has 0 heterocycles. The topological polar surface area (TPSA) is 75.3 Å². The van der Waals surface area contributed by atoms with E-state index in [4.69, 9.17) is 10.8 Å². The van der Waals surface area contributed by atoms with Gasteiger partial charge in [0.25, 0.3) is 0 Å². The lowest BCUT2D eigenvalue weighted by Gasteiger charge is -2.29. The minimum absolute atomic E-state index is 0.0420. The summed E-state index contributed by atoms with van der Waals surface area (Å²) in [5, 5.41) is 12.3. The van der Waals surface area contributed by atoms with E-state index in [0.29, 0.717) is 11.4 Å². The van der Waals surface area contributed by atoms with E-state index < -0.39 is 5.97 Å². The fourth-order valence-corrected chi connectivity index (χ4v) is 1.32. The third kappa shape index (κ3) is 3.37. The van der Waals surface area contributed by atoms with Crippen molar-refractivity contribution >= 4 is 17.3 Å². The molecule has 0 radical (unpaired) electrons. The zero-order valence-electron chi connectivity index (χ0n) is 10.7. The van der Waals surface area contributed by atoms with Gasteiger partial charge >= 0.3 is 5.97 Å². The number of rotatable bonds is 3. The van der Waals surface area contributed by atoms with Gasteiger partial charge in [-0.15, -0.1) is 0 Å². The Hall–Kier alpha value is -1.71. The van der Waals surface area contributed by atoms with Crippen molar-refractivity contribution in [1.82, 2.24) is 0 Å². The van der Waals surface area contributed by atoms with Crippen molar-refractivity contribution in [3.8, 4) is 0 Å². The second kappa shape index (κ2) is 4.65. The van der Waals surface area contributed by atoms with E-state index in [1.807, 2.05) is 6.92 Å². The van der Waals surface area contributed by atoms with Crippen LogP contribution in [0.15, 0.2) is 18.2 Å². The van der Waals surface area contributed by atoms with Gasteiger partial charge in [-0.05, 0) is 30.5 Å². The Morgan fingerprint density at radius 3 is 2.47 bits per heavy atom. The fraction of sp³-hybridized carbons (Fsp3) is 0.462. The number of aromatic carboxylic acids is 1. The minimum atomic E-state index is -0.950. The lowest BCUT2D eigenvalue weighted by atomic mass is 9.88. The predicted molar refractivity (Wildman–Crippen MR) is 70.4 cm³/mol. The van der Waals surface area contributed by atoms with Crippen LogP contribution < -0.4 is 11.1 Å². The van der Waals surface area contributed by atoms with E-state index in [9.17, 15) is 4.79 Å². The molecule has 1 aromatic carbocycles. The second-order valence-corrected chi connectivity index (χ2v) is 5.34. The molecule has 0 fully saturated rings. The lowest BCUT2D eigenvalue weighted by molar-refractivity contribution is 0.0698. The zero-order valence-corrected chi connectivity index (χ0v) is 10.7. The molecule has 1 rings (SSSR count). The Labute approximate surface area is 102 Å². The maximum absolute atomic E-state index is 11.1. The highest BCUT2D eigenvalue weighted by Crippen LogP contribution is 2.26. The minimum Gasteiger partial charge on any atom is -0.478 e. The molecule has 0 spiro atoms. The SMILES string of the molecule is CC(Nc1cc(N)ccc1C(=O)O)C(C)(C)C. The highest BCUT2D eigenvalue weighted by molar-refractivity contribution is 5.95. The van der Waals surface area contributed by atoms with Gasteiger partial charge in [0, 0.05) is 11.7 Å². The van der Waals surface area contributed by atoms with Crippen molar-refractivity contribution in [2.45, 2.75) is 33.7 Å². The Bertz CT molecular complexity index is 422. The molecule has 0 bridgehead atoms. The molecule has 0 aromatic heterocycles. The Kier molecular flexibility index (Phi) is 3.66. The molecule has 0 aliphatic carbocycles. The Morgan fingerprint density at radius 1 is 1.41 bits per heavy atom. The van der Waals surface area contributed by atoms with Crippen molar-refractivity contribution in [3.05, 3.63) is 23.8 Å². The molecule has 0 saturated heterocycles. The van der Waals surface area contributed by atoms with E-state index in [2.05, 4.69) is 26.1 Å². The van der Waals surface area contributed by atoms with Crippen molar-refractivity contribution in [1.29, 1.82) is 0 Å². The number of nitrogens with one attached hydrogen (secondary N) is 1. The van der Waals surface area contributed by atoms with Crippen molar-refractivity contribution in [2.75, 3.05) is 11.1 Å². The third-order valence-electron chi connectivity index (χ3n) is 2.95. The van der Waals surface area contributed by atoms with Crippen LogP contribution in [-0.4, -0.2) is 17.1 Å². The summed E-state index contributed by atoms with van der Waals surface area (Å²) in [6.07, 6.45) is 0. The first-order valence-electron chi connectivity index (χ1n) is 5.61. The molecule has 4 heteroatoms. The highest BCUT2D eigenvalue weighted by atomic mass is 16.4. The summed E-state index contributed by atoms with van der Waals surface area (Å²) >= 11 is 0. The maximum atomic E-state index is 11.1. The van der Waals surface area contributed by atoms with E-state index in [-0.39, 0.29) is 17.0 Å². The first-order chi connectivity index (χ1) is 7.71. The van der Waals surface area contributed by atoms with Gasteiger partial charge in [0.05, 0.1) is 11.3 Å². The average Bonchev–Trinajstić information content (AvgIpc) is 2.15. The number of carbonyl (C=O) groups is 1. The molecule has 17 heavy (non-hydrogen) atoms. The van der Waals surface area contributed by atoms with Crippen LogP contribution in [0.3, 0.4) is 0 Å². The Balaban J connectivity index is 3.04. The monoisotopic (exact) mass is 236 g/mol. The number of carboxylic acids is 1. The standard InChI is InChI=1S/C13H20N2O2/c1-8(13(2,3)4)15-11-7-9(14)5-6-10(11)12(16)17/h5-8,15H,14H2,1-4H3,(H,16,17). The summed E-state index contributed by atoms with van der Waals surface area (Å²) in [4.78, 5) is 11.1. The van der Waals surface area contributed by atoms with Crippen molar-refractivity contribution < 1.29 is 9.90 Å². The molecule has 4 N–H and O–H groups in total. The van der Waals surface area contributed by atoms with Crippen LogP contribution in [0.5, 0.6) is 0 Å². The van der Waals surface area contributed by atoms with E-state index in [1.165, 1.54) is 6.07 Å². The van der Waals surface area contributed by atoms with Crippen molar-refractivity contribution in [3.63, 3.8) is 0 Å². The number of nitrogen functional groups attached to an aromatic ring is 1. The molecule has 0 aliphatic rings. The van der Waals surface area contributed by atoms with Crippen LogP contribution in [-0.2, 0) is 0 Å². The van der Waals surface area contributed by atoms with Gasteiger partial charge in [0.1, 0.15) is 0 Å². The first-order valence-corrected chi connectivity index (χ1v) is 5.61. The largest absolute Gasteiger partial charge is 0.478 e. The molecule has 1 atom stereocenters. The van der Waals surface area contributed by atoms with Crippen LogP contribution in [0.4, 0.5) is 11.4 Å². The van der Waals surface area contributed by atoms with Gasteiger partial charge in [0.2, 0.25) is 0 Å². The van der Waals surface area contributed by atoms with Crippen LogP contribution in [0.1, 0.15) is 38.1 Å². The molecule has 1 unspecified atom stereocenters. The van der Waals surface area contributed by atoms with Gasteiger partial charge in [-0.1, -0.05) is 20.8 Å². The third-order valence-corrected chi connectivity index (χ3v) is 2.95. The molecular formula is C13H20N2O2. The van der Waals surface area contributed by atoms with Gasteiger partial charge < -0.3 is 16.2 Å². The number of hydrogen-bond donors (Lipinski definition) is 3. The second-order valence-electron chi connectivity index (χ2n) is 5.34. The molecule has 4 nitrogen and oxygen atoms in total. The normalized spacial score (nSPS) is 13.2. The number of anilines is 2. The molecule has 1 aromatic rings. The van der Waals surface area contributed by atoms with E-state index in [1.54, 1.807) is 12.1 Å². The van der Waals surface area contributed by atoms with Gasteiger partial charge in [-0.25, -0.2) is 4.79 Å². The molecule has 0 saturated carbocycles. The number of hydrogen-bond acceptors (Lipinski definition) is 3. The quantitative estimate of drug-likeness (QED) is 0.705. The summed E-state index contributed by atoms with van der Waals surface area (Å²) < 4.78 is 0. The highest BCUT2D eigenvalue weighted by Gasteiger charge is 2.21. The van der Waals surface area contributed by atoms with Gasteiger partial charge in [-0.2, -0.15) is 0 Å². The van der Waals surface area contributed by atoms with Gasteiger partial charge in [0.15, 0.2) is 0 Å². The van der Waals surface area contributed by atoms with Crippen LogP contribution in [0.25, 0.3) is 0 Å². The maximum Gasteiger partial charge on any atom is 0.337 e. The number of carboxylic acid groups (broad SMARTS) is 1. The smallest absolute Gasteiger partial charge is 0.337 e. The summed E-state index contributed by atoms with van der Waals surface area (Å²) in [7, 11) is 0. The summed E-state index contributed by atoms with van der Waals surface area (Å²) in [6.45, 7) is 8.31. The number of benzene rings is 1. The summed E-state index contributed by atoms with van der Waals surface area (Å²) in [5.74, 6) is -0.950. The van der Waals surface area contributed by atoms with Gasteiger partial charge in [-0.3, -0.25) is 0 Å². The van der Waals surface area contributed by atoms with Crippen LogP contribution >= 0.6 is 0 Å². The van der Waals surface area contributed by atoms with Crippen molar-refractivity contribution in [2.24, 2.45) is 5.41 Å². The zero-order chi connectivity index (χ0) is 13.2. The fourth-order valence-electron chi connectivity index (χ4n) is 1.32.